The van der Waals surface area contributed by atoms with Crippen LogP contribution in [-0.4, -0.2) is 45.5 Å². The van der Waals surface area contributed by atoms with Gasteiger partial charge in [-0.05, 0) is 51.0 Å². The Morgan fingerprint density at radius 1 is 1.33 bits per heavy atom. The molecule has 134 valence electrons. The van der Waals surface area contributed by atoms with Crippen LogP contribution in [0.5, 0.6) is 0 Å². The van der Waals surface area contributed by atoms with Gasteiger partial charge in [-0.2, -0.15) is 0 Å². The van der Waals surface area contributed by atoms with Gasteiger partial charge >= 0.3 is 0 Å². The molecule has 8 heteroatoms. The van der Waals surface area contributed by atoms with E-state index in [0.29, 0.717) is 18.0 Å². The smallest absolute Gasteiger partial charge is 0.253 e. The number of ether oxygens (including phenoxy) is 2. The lowest BCUT2D eigenvalue weighted by molar-refractivity contribution is -0.128. The van der Waals surface area contributed by atoms with Crippen LogP contribution in [0.15, 0.2) is 24.3 Å². The van der Waals surface area contributed by atoms with Crippen molar-refractivity contribution in [3.05, 3.63) is 24.3 Å². The molecule has 0 aromatic heterocycles. The lowest BCUT2D eigenvalue weighted by Gasteiger charge is -2.16. The molecule has 1 amide bonds. The summed E-state index contributed by atoms with van der Waals surface area (Å²) in [7, 11) is -3.31. The first-order chi connectivity index (χ1) is 11.4. The number of amides is 1. The molecule has 2 unspecified atom stereocenters. The highest BCUT2D eigenvalue weighted by atomic mass is 32.2. The summed E-state index contributed by atoms with van der Waals surface area (Å²) < 4.78 is 36.4. The fraction of sp³-hybridized carbons (Fsp3) is 0.562. The number of anilines is 2. The van der Waals surface area contributed by atoms with E-state index < -0.39 is 16.1 Å². The maximum absolute atomic E-state index is 12.1. The fourth-order valence-electron chi connectivity index (χ4n) is 2.22. The summed E-state index contributed by atoms with van der Waals surface area (Å²) in [6, 6.07) is 6.47. The molecule has 2 atom stereocenters. The van der Waals surface area contributed by atoms with Crippen molar-refractivity contribution < 1.29 is 22.7 Å². The second kappa shape index (κ2) is 8.46. The largest absolute Gasteiger partial charge is 0.376 e. The van der Waals surface area contributed by atoms with Gasteiger partial charge < -0.3 is 14.8 Å². The Morgan fingerprint density at radius 3 is 2.58 bits per heavy atom. The molecule has 2 N–H and O–H groups in total. The van der Waals surface area contributed by atoms with E-state index in [-0.39, 0.29) is 17.8 Å². The maximum Gasteiger partial charge on any atom is 0.253 e. The summed E-state index contributed by atoms with van der Waals surface area (Å²) in [6.45, 7) is 4.41. The van der Waals surface area contributed by atoms with Gasteiger partial charge in [0, 0.05) is 18.0 Å². The number of rotatable bonds is 8. The van der Waals surface area contributed by atoms with Crippen LogP contribution < -0.4 is 10.0 Å². The van der Waals surface area contributed by atoms with Gasteiger partial charge in [-0.15, -0.1) is 0 Å². The normalized spacial score (nSPS) is 19.0. The zero-order valence-corrected chi connectivity index (χ0v) is 14.8. The molecule has 1 aliphatic heterocycles. The van der Waals surface area contributed by atoms with Crippen molar-refractivity contribution >= 4 is 27.3 Å². The van der Waals surface area contributed by atoms with E-state index in [1.54, 1.807) is 38.1 Å². The van der Waals surface area contributed by atoms with Gasteiger partial charge in [0.25, 0.3) is 5.91 Å². The molecule has 1 aromatic rings. The first-order valence-corrected chi connectivity index (χ1v) is 9.69. The number of nitrogens with one attached hydrogen (secondary N) is 2. The van der Waals surface area contributed by atoms with E-state index in [0.717, 1.165) is 19.4 Å². The van der Waals surface area contributed by atoms with E-state index in [4.69, 9.17) is 9.47 Å². The minimum Gasteiger partial charge on any atom is -0.376 e. The minimum atomic E-state index is -3.31. The van der Waals surface area contributed by atoms with E-state index in [1.807, 2.05) is 0 Å². The van der Waals surface area contributed by atoms with E-state index in [9.17, 15) is 13.2 Å². The standard InChI is InChI=1S/C16H24N2O5S/c1-3-24(20,21)18-14-8-6-13(7-9-14)17-16(19)12(2)23-11-15-5-4-10-22-15/h6-9,12,15,18H,3-5,10-11H2,1-2H3,(H,17,19). The molecular formula is C16H24N2O5S. The van der Waals surface area contributed by atoms with Crippen LogP contribution in [0.25, 0.3) is 0 Å². The Kier molecular flexibility index (Phi) is 6.59. The van der Waals surface area contributed by atoms with Crippen molar-refractivity contribution in [1.29, 1.82) is 0 Å². The molecule has 1 saturated heterocycles. The molecule has 0 aliphatic carbocycles. The van der Waals surface area contributed by atoms with Crippen LogP contribution >= 0.6 is 0 Å². The number of benzene rings is 1. The SMILES string of the molecule is CCS(=O)(=O)Nc1ccc(NC(=O)C(C)OCC2CCCO2)cc1. The van der Waals surface area contributed by atoms with Crippen molar-refractivity contribution in [2.24, 2.45) is 0 Å². The van der Waals surface area contributed by atoms with Crippen molar-refractivity contribution in [2.45, 2.75) is 38.9 Å². The second-order valence-electron chi connectivity index (χ2n) is 5.68. The Bertz CT molecular complexity index is 639. The van der Waals surface area contributed by atoms with Gasteiger partial charge in [-0.25, -0.2) is 8.42 Å². The van der Waals surface area contributed by atoms with Crippen LogP contribution in [0.3, 0.4) is 0 Å². The van der Waals surface area contributed by atoms with Crippen molar-refractivity contribution in [2.75, 3.05) is 29.0 Å². The van der Waals surface area contributed by atoms with Gasteiger partial charge in [0.2, 0.25) is 10.0 Å². The molecule has 0 spiro atoms. The second-order valence-corrected chi connectivity index (χ2v) is 7.69. The number of hydrogen-bond acceptors (Lipinski definition) is 5. The first kappa shape index (κ1) is 18.7. The van der Waals surface area contributed by atoms with Crippen molar-refractivity contribution in [3.63, 3.8) is 0 Å². The summed E-state index contributed by atoms with van der Waals surface area (Å²) in [4.78, 5) is 12.1. The number of hydrogen-bond donors (Lipinski definition) is 2. The van der Waals surface area contributed by atoms with E-state index in [1.165, 1.54) is 0 Å². The molecule has 2 rings (SSSR count). The van der Waals surface area contributed by atoms with Gasteiger partial charge in [-0.3, -0.25) is 9.52 Å². The molecule has 0 saturated carbocycles. The van der Waals surface area contributed by atoms with E-state index >= 15 is 0 Å². The third-order valence-corrected chi connectivity index (χ3v) is 5.04. The van der Waals surface area contributed by atoms with Crippen LogP contribution in [0.4, 0.5) is 11.4 Å². The molecule has 0 radical (unpaired) electrons. The Morgan fingerprint density at radius 2 is 2.00 bits per heavy atom. The summed E-state index contributed by atoms with van der Waals surface area (Å²) in [5, 5.41) is 2.74. The van der Waals surface area contributed by atoms with Gasteiger partial charge in [-0.1, -0.05) is 0 Å². The molecular weight excluding hydrogens is 332 g/mol. The molecule has 1 aliphatic rings. The minimum absolute atomic E-state index is 0.00501. The average molecular weight is 356 g/mol. The zero-order valence-electron chi connectivity index (χ0n) is 13.9. The molecule has 1 aromatic carbocycles. The van der Waals surface area contributed by atoms with E-state index in [2.05, 4.69) is 10.0 Å². The summed E-state index contributed by atoms with van der Waals surface area (Å²) in [6.07, 6.45) is 1.48. The lowest BCUT2D eigenvalue weighted by atomic mass is 10.2. The maximum atomic E-state index is 12.1. The molecule has 7 nitrogen and oxygen atoms in total. The van der Waals surface area contributed by atoms with Crippen LogP contribution in [0.2, 0.25) is 0 Å². The lowest BCUT2D eigenvalue weighted by Crippen LogP contribution is -2.30. The predicted molar refractivity (Wildman–Crippen MR) is 92.5 cm³/mol. The summed E-state index contributed by atoms with van der Waals surface area (Å²) in [5.74, 6) is -0.250. The number of carbonyl (C=O) groups excluding carboxylic acids is 1. The molecule has 0 bridgehead atoms. The predicted octanol–water partition coefficient (Wildman–Crippen LogP) is 1.97. The number of carbonyl (C=O) groups is 1. The molecule has 1 fully saturated rings. The average Bonchev–Trinajstić information content (AvgIpc) is 3.07. The van der Waals surface area contributed by atoms with Gasteiger partial charge in [0.1, 0.15) is 6.10 Å². The van der Waals surface area contributed by atoms with Crippen molar-refractivity contribution in [3.8, 4) is 0 Å². The third kappa shape index (κ3) is 5.77. The van der Waals surface area contributed by atoms with Gasteiger partial charge in [0.15, 0.2) is 0 Å². The first-order valence-electron chi connectivity index (χ1n) is 8.04. The topological polar surface area (TPSA) is 93.7 Å². The molecule has 24 heavy (non-hydrogen) atoms. The monoisotopic (exact) mass is 356 g/mol. The van der Waals surface area contributed by atoms with Crippen molar-refractivity contribution in [1.82, 2.24) is 0 Å². The summed E-state index contributed by atoms with van der Waals surface area (Å²) in [5.41, 5.74) is 1.03. The molecule has 1 heterocycles. The fourth-order valence-corrected chi connectivity index (χ4v) is 2.86. The zero-order chi connectivity index (χ0) is 17.6. The van der Waals surface area contributed by atoms with Crippen LogP contribution in [0.1, 0.15) is 26.7 Å². The highest BCUT2D eigenvalue weighted by Gasteiger charge is 2.20. The quantitative estimate of drug-likeness (QED) is 0.743. The number of sulfonamides is 1. The Balaban J connectivity index is 1.82. The Hall–Kier alpha value is -1.64. The third-order valence-electron chi connectivity index (χ3n) is 3.73. The van der Waals surface area contributed by atoms with Gasteiger partial charge in [0.05, 0.1) is 18.5 Å². The summed E-state index contributed by atoms with van der Waals surface area (Å²) >= 11 is 0. The highest BCUT2D eigenvalue weighted by Crippen LogP contribution is 2.16. The Labute approximate surface area is 142 Å². The van der Waals surface area contributed by atoms with Crippen LogP contribution in [-0.2, 0) is 24.3 Å². The highest BCUT2D eigenvalue weighted by molar-refractivity contribution is 7.92. The van der Waals surface area contributed by atoms with Crippen LogP contribution in [0, 0.1) is 0 Å².